The number of aliphatic hydroxyl groups excluding tert-OH is 1. The zero-order valence-corrected chi connectivity index (χ0v) is 11.1. The average Bonchev–Trinajstić information content (AvgIpc) is 2.33. The maximum Gasteiger partial charge on any atom is 0.255 e. The van der Waals surface area contributed by atoms with Crippen molar-refractivity contribution in [1.29, 1.82) is 0 Å². The average molecular weight is 256 g/mol. The first-order valence-electron chi connectivity index (χ1n) is 6.40. The summed E-state index contributed by atoms with van der Waals surface area (Å²) in [6.07, 6.45) is -0.375. The third-order valence-electron chi connectivity index (χ3n) is 3.54. The molecule has 1 aromatic heterocycles. The Morgan fingerprint density at radius 1 is 1.32 bits per heavy atom. The van der Waals surface area contributed by atoms with Gasteiger partial charge in [-0.05, 0) is 31.5 Å². The fourth-order valence-electron chi connectivity index (χ4n) is 2.38. The Hall–Kier alpha value is -1.94. The molecule has 1 fully saturated rings. The second kappa shape index (κ2) is 4.31. The number of carbonyl (C=O) groups is 1. The molecular weight excluding hydrogens is 240 g/mol. The van der Waals surface area contributed by atoms with Crippen LogP contribution in [0.2, 0.25) is 0 Å². The van der Waals surface area contributed by atoms with Crippen LogP contribution in [0.3, 0.4) is 0 Å². The zero-order valence-electron chi connectivity index (χ0n) is 11.1. The summed E-state index contributed by atoms with van der Waals surface area (Å²) in [4.78, 5) is 18.4. The third-order valence-corrected chi connectivity index (χ3v) is 3.54. The molecule has 1 amide bonds. The lowest BCUT2D eigenvalue weighted by molar-refractivity contribution is 0.00582. The highest BCUT2D eigenvalue weighted by Gasteiger charge is 2.30. The predicted molar refractivity (Wildman–Crippen MR) is 73.1 cm³/mol. The van der Waals surface area contributed by atoms with E-state index >= 15 is 0 Å². The molecule has 0 atom stereocenters. The van der Waals surface area contributed by atoms with Crippen LogP contribution in [0.1, 0.15) is 21.6 Å². The monoisotopic (exact) mass is 256 g/mol. The number of aliphatic hydroxyl groups is 1. The van der Waals surface area contributed by atoms with Crippen LogP contribution in [-0.2, 0) is 0 Å². The molecule has 2 aromatic rings. The maximum atomic E-state index is 12.3. The highest BCUT2D eigenvalue weighted by Crippen LogP contribution is 2.21. The standard InChI is InChI=1S/C15H16N2O2/c1-9-3-4-11-6-13(10(2)16-14(11)5-9)15(19)17-7-12(18)8-17/h3-6,12,18H,7-8H2,1-2H3. The van der Waals surface area contributed by atoms with Crippen molar-refractivity contribution in [3.8, 4) is 0 Å². The van der Waals surface area contributed by atoms with Gasteiger partial charge in [-0.3, -0.25) is 9.78 Å². The van der Waals surface area contributed by atoms with Crippen LogP contribution in [0.15, 0.2) is 24.3 Å². The number of nitrogens with zero attached hydrogens (tertiary/aromatic N) is 2. The number of carbonyl (C=O) groups excluding carboxylic acids is 1. The molecule has 0 spiro atoms. The summed E-state index contributed by atoms with van der Waals surface area (Å²) in [5.41, 5.74) is 3.44. The lowest BCUT2D eigenvalue weighted by atomic mass is 10.0. The van der Waals surface area contributed by atoms with Crippen LogP contribution in [0.4, 0.5) is 0 Å². The molecule has 0 aliphatic carbocycles. The number of pyridine rings is 1. The van der Waals surface area contributed by atoms with Gasteiger partial charge in [0.15, 0.2) is 0 Å². The first-order valence-corrected chi connectivity index (χ1v) is 6.40. The molecular formula is C15H16N2O2. The van der Waals surface area contributed by atoms with E-state index in [1.165, 1.54) is 0 Å². The summed E-state index contributed by atoms with van der Waals surface area (Å²) < 4.78 is 0. The topological polar surface area (TPSA) is 53.4 Å². The van der Waals surface area contributed by atoms with Crippen LogP contribution in [-0.4, -0.2) is 40.1 Å². The van der Waals surface area contributed by atoms with Gasteiger partial charge in [0.2, 0.25) is 0 Å². The molecule has 0 bridgehead atoms. The molecule has 2 heterocycles. The van der Waals surface area contributed by atoms with Gasteiger partial charge in [0, 0.05) is 18.5 Å². The molecule has 98 valence electrons. The number of aryl methyl sites for hydroxylation is 2. The van der Waals surface area contributed by atoms with Crippen molar-refractivity contribution in [2.45, 2.75) is 20.0 Å². The van der Waals surface area contributed by atoms with Crippen LogP contribution < -0.4 is 0 Å². The summed E-state index contributed by atoms with van der Waals surface area (Å²) in [7, 11) is 0. The largest absolute Gasteiger partial charge is 0.389 e. The molecule has 0 saturated carbocycles. The molecule has 1 aliphatic heterocycles. The van der Waals surface area contributed by atoms with E-state index in [4.69, 9.17) is 0 Å². The van der Waals surface area contributed by atoms with Crippen molar-refractivity contribution in [2.24, 2.45) is 0 Å². The summed E-state index contributed by atoms with van der Waals surface area (Å²) >= 11 is 0. The molecule has 0 unspecified atom stereocenters. The molecule has 4 heteroatoms. The van der Waals surface area contributed by atoms with E-state index in [1.807, 2.05) is 38.1 Å². The highest BCUT2D eigenvalue weighted by molar-refractivity contribution is 5.99. The van der Waals surface area contributed by atoms with Crippen molar-refractivity contribution in [2.75, 3.05) is 13.1 Å². The number of rotatable bonds is 1. The number of β-amino-alcohol motifs (C(OH)–C–C–N with tert-alkyl or cyclic N) is 1. The normalized spacial score (nSPS) is 15.6. The van der Waals surface area contributed by atoms with Crippen LogP contribution >= 0.6 is 0 Å². The number of aromatic nitrogens is 1. The number of fused-ring (bicyclic) bond motifs is 1. The van der Waals surface area contributed by atoms with Gasteiger partial charge in [-0.1, -0.05) is 12.1 Å². The Morgan fingerprint density at radius 3 is 2.74 bits per heavy atom. The Labute approximate surface area is 111 Å². The molecule has 1 aliphatic rings. The Morgan fingerprint density at radius 2 is 2.05 bits per heavy atom. The highest BCUT2D eigenvalue weighted by atomic mass is 16.3. The van der Waals surface area contributed by atoms with Gasteiger partial charge < -0.3 is 10.0 Å². The minimum atomic E-state index is -0.375. The lowest BCUT2D eigenvalue weighted by Crippen LogP contribution is -2.53. The fraction of sp³-hybridized carbons (Fsp3) is 0.333. The molecule has 19 heavy (non-hydrogen) atoms. The molecule has 1 N–H and O–H groups in total. The first kappa shape index (κ1) is 12.1. The predicted octanol–water partition coefficient (Wildman–Crippen LogP) is 1.67. The summed E-state index contributed by atoms with van der Waals surface area (Å²) in [6, 6.07) is 7.91. The van der Waals surface area contributed by atoms with Gasteiger partial charge >= 0.3 is 0 Å². The lowest BCUT2D eigenvalue weighted by Gasteiger charge is -2.36. The van der Waals surface area contributed by atoms with Crippen molar-refractivity contribution < 1.29 is 9.90 Å². The van der Waals surface area contributed by atoms with Crippen LogP contribution in [0.5, 0.6) is 0 Å². The minimum Gasteiger partial charge on any atom is -0.389 e. The van der Waals surface area contributed by atoms with Gasteiger partial charge in [-0.2, -0.15) is 0 Å². The summed E-state index contributed by atoms with van der Waals surface area (Å²) in [5.74, 6) is -0.0437. The van der Waals surface area contributed by atoms with Crippen molar-refractivity contribution in [1.82, 2.24) is 9.88 Å². The second-order valence-corrected chi connectivity index (χ2v) is 5.18. The van der Waals surface area contributed by atoms with E-state index in [1.54, 1.807) is 4.90 Å². The number of amides is 1. The number of likely N-dealkylation sites (tertiary alicyclic amines) is 1. The number of hydrogen-bond donors (Lipinski definition) is 1. The van der Waals surface area contributed by atoms with Crippen molar-refractivity contribution in [3.05, 3.63) is 41.1 Å². The van der Waals surface area contributed by atoms with E-state index in [2.05, 4.69) is 4.98 Å². The SMILES string of the molecule is Cc1ccc2cc(C(=O)N3CC(O)C3)c(C)nc2c1. The fourth-order valence-corrected chi connectivity index (χ4v) is 2.38. The number of benzene rings is 1. The van der Waals surface area contributed by atoms with E-state index < -0.39 is 0 Å². The maximum absolute atomic E-state index is 12.3. The van der Waals surface area contributed by atoms with Crippen molar-refractivity contribution >= 4 is 16.8 Å². The molecule has 3 rings (SSSR count). The third kappa shape index (κ3) is 2.08. The zero-order chi connectivity index (χ0) is 13.6. The quantitative estimate of drug-likeness (QED) is 0.844. The molecule has 4 nitrogen and oxygen atoms in total. The summed E-state index contributed by atoms with van der Waals surface area (Å²) in [6.45, 7) is 4.72. The summed E-state index contributed by atoms with van der Waals surface area (Å²) in [5, 5.41) is 10.2. The van der Waals surface area contributed by atoms with Gasteiger partial charge in [0.1, 0.15) is 0 Å². The van der Waals surface area contributed by atoms with E-state index in [0.717, 1.165) is 22.2 Å². The molecule has 1 saturated heterocycles. The Kier molecular flexibility index (Phi) is 2.75. The van der Waals surface area contributed by atoms with Gasteiger partial charge in [-0.15, -0.1) is 0 Å². The van der Waals surface area contributed by atoms with Gasteiger partial charge in [0.25, 0.3) is 5.91 Å². The Balaban J connectivity index is 2.02. The molecule has 0 radical (unpaired) electrons. The number of hydrogen-bond acceptors (Lipinski definition) is 3. The van der Waals surface area contributed by atoms with Crippen LogP contribution in [0.25, 0.3) is 10.9 Å². The first-order chi connectivity index (χ1) is 9.04. The minimum absolute atomic E-state index is 0.0437. The van der Waals surface area contributed by atoms with Crippen LogP contribution in [0, 0.1) is 13.8 Å². The molecule has 1 aromatic carbocycles. The Bertz CT molecular complexity index is 660. The van der Waals surface area contributed by atoms with Gasteiger partial charge in [0.05, 0.1) is 22.9 Å². The van der Waals surface area contributed by atoms with E-state index in [9.17, 15) is 9.90 Å². The smallest absolute Gasteiger partial charge is 0.255 e. The van der Waals surface area contributed by atoms with Gasteiger partial charge in [-0.25, -0.2) is 0 Å². The van der Waals surface area contributed by atoms with Crippen molar-refractivity contribution in [3.63, 3.8) is 0 Å². The van der Waals surface area contributed by atoms with E-state index in [-0.39, 0.29) is 12.0 Å². The second-order valence-electron chi connectivity index (χ2n) is 5.18. The van der Waals surface area contributed by atoms with E-state index in [0.29, 0.717) is 18.7 Å².